The van der Waals surface area contributed by atoms with E-state index in [0.29, 0.717) is 31.2 Å². The molecule has 1 aromatic carbocycles. The molecule has 0 unspecified atom stereocenters. The molecule has 116 valence electrons. The summed E-state index contributed by atoms with van der Waals surface area (Å²) in [7, 11) is 0. The van der Waals surface area contributed by atoms with Crippen LogP contribution in [-0.2, 0) is 4.74 Å². The second-order valence-corrected chi connectivity index (χ2v) is 6.20. The summed E-state index contributed by atoms with van der Waals surface area (Å²) in [4.78, 5) is 14.4. The van der Waals surface area contributed by atoms with Gasteiger partial charge in [0.2, 0.25) is 0 Å². The van der Waals surface area contributed by atoms with E-state index in [9.17, 15) is 4.79 Å². The summed E-state index contributed by atoms with van der Waals surface area (Å²) in [5, 5.41) is 0. The van der Waals surface area contributed by atoms with Gasteiger partial charge in [-0.25, -0.2) is 0 Å². The van der Waals surface area contributed by atoms with E-state index in [-0.39, 0.29) is 18.1 Å². The van der Waals surface area contributed by atoms with Crippen LogP contribution in [0.4, 0.5) is 0 Å². The summed E-state index contributed by atoms with van der Waals surface area (Å²) in [6.45, 7) is 10.2. The van der Waals surface area contributed by atoms with Crippen LogP contribution in [0.1, 0.15) is 38.1 Å². The summed E-state index contributed by atoms with van der Waals surface area (Å²) < 4.78 is 11.3. The largest absolute Gasteiger partial charge is 0.493 e. The molecule has 1 aliphatic heterocycles. The molecule has 0 aliphatic carbocycles. The topological polar surface area (TPSA) is 38.8 Å². The summed E-state index contributed by atoms with van der Waals surface area (Å²) in [5.74, 6) is 1.36. The SMILES string of the molecule is CC(C)COc1ccc(C(=O)N2C[C@@H](C)O[C@@H](C)C2)cc1. The predicted octanol–water partition coefficient (Wildman–Crippen LogP) is 2.97. The maximum absolute atomic E-state index is 12.5. The highest BCUT2D eigenvalue weighted by atomic mass is 16.5. The minimum absolute atomic E-state index is 0.0624. The molecule has 4 nitrogen and oxygen atoms in total. The van der Waals surface area contributed by atoms with E-state index >= 15 is 0 Å². The fourth-order valence-corrected chi connectivity index (χ4v) is 2.48. The van der Waals surface area contributed by atoms with Gasteiger partial charge in [-0.2, -0.15) is 0 Å². The van der Waals surface area contributed by atoms with Crippen LogP contribution in [-0.4, -0.2) is 42.7 Å². The molecule has 0 aromatic heterocycles. The zero-order valence-corrected chi connectivity index (χ0v) is 13.3. The number of hydrogen-bond acceptors (Lipinski definition) is 3. The number of carbonyl (C=O) groups excluding carboxylic acids is 1. The van der Waals surface area contributed by atoms with Crippen LogP contribution in [0.5, 0.6) is 5.75 Å². The number of hydrogen-bond donors (Lipinski definition) is 0. The maximum atomic E-state index is 12.5. The van der Waals surface area contributed by atoms with Gasteiger partial charge in [0.25, 0.3) is 5.91 Å². The lowest BCUT2D eigenvalue weighted by molar-refractivity contribution is -0.0586. The average Bonchev–Trinajstić information content (AvgIpc) is 2.44. The third-order valence-electron chi connectivity index (χ3n) is 3.39. The summed E-state index contributed by atoms with van der Waals surface area (Å²) in [5.41, 5.74) is 0.702. The lowest BCUT2D eigenvalue weighted by Gasteiger charge is -2.35. The van der Waals surface area contributed by atoms with E-state index in [1.807, 2.05) is 43.0 Å². The molecule has 2 atom stereocenters. The van der Waals surface area contributed by atoms with Crippen LogP contribution >= 0.6 is 0 Å². The van der Waals surface area contributed by atoms with Crippen molar-refractivity contribution in [1.29, 1.82) is 0 Å². The van der Waals surface area contributed by atoms with Gasteiger partial charge < -0.3 is 14.4 Å². The number of benzene rings is 1. The molecule has 1 saturated heterocycles. The normalized spacial score (nSPS) is 22.4. The fraction of sp³-hybridized carbons (Fsp3) is 0.588. The number of carbonyl (C=O) groups is 1. The highest BCUT2D eigenvalue weighted by Crippen LogP contribution is 2.17. The second-order valence-electron chi connectivity index (χ2n) is 6.20. The molecular formula is C17H25NO3. The molecule has 21 heavy (non-hydrogen) atoms. The quantitative estimate of drug-likeness (QED) is 0.856. The zero-order valence-electron chi connectivity index (χ0n) is 13.3. The van der Waals surface area contributed by atoms with Gasteiger partial charge in [-0.1, -0.05) is 13.8 Å². The van der Waals surface area contributed by atoms with E-state index in [4.69, 9.17) is 9.47 Å². The molecule has 2 rings (SSSR count). The summed E-state index contributed by atoms with van der Waals surface area (Å²) >= 11 is 0. The van der Waals surface area contributed by atoms with Crippen LogP contribution < -0.4 is 4.74 Å². The molecule has 0 radical (unpaired) electrons. The Kier molecular flexibility index (Phi) is 5.23. The molecule has 1 heterocycles. The Hall–Kier alpha value is -1.55. The average molecular weight is 291 g/mol. The number of amides is 1. The van der Waals surface area contributed by atoms with E-state index < -0.39 is 0 Å². The van der Waals surface area contributed by atoms with Crippen molar-refractivity contribution in [3.8, 4) is 5.75 Å². The Balaban J connectivity index is 1.99. The summed E-state index contributed by atoms with van der Waals surface area (Å²) in [6, 6.07) is 7.40. The highest BCUT2D eigenvalue weighted by molar-refractivity contribution is 5.94. The first-order valence-electron chi connectivity index (χ1n) is 7.63. The van der Waals surface area contributed by atoms with Crippen molar-refractivity contribution in [1.82, 2.24) is 4.90 Å². The lowest BCUT2D eigenvalue weighted by Crippen LogP contribution is -2.48. The molecule has 4 heteroatoms. The van der Waals surface area contributed by atoms with Crippen LogP contribution in [0.2, 0.25) is 0 Å². The Morgan fingerprint density at radius 3 is 2.33 bits per heavy atom. The molecule has 1 amide bonds. The first kappa shape index (κ1) is 15.8. The molecule has 0 N–H and O–H groups in total. The molecular weight excluding hydrogens is 266 g/mol. The number of nitrogens with zero attached hydrogens (tertiary/aromatic N) is 1. The van der Waals surface area contributed by atoms with E-state index in [1.54, 1.807) is 0 Å². The van der Waals surface area contributed by atoms with Crippen LogP contribution in [0.3, 0.4) is 0 Å². The standard InChI is InChI=1S/C17H25NO3/c1-12(2)11-20-16-7-5-15(6-8-16)17(19)18-9-13(3)21-14(4)10-18/h5-8,12-14H,9-11H2,1-4H3/t13-,14+. The van der Waals surface area contributed by atoms with Gasteiger partial charge in [-0.05, 0) is 44.0 Å². The third kappa shape index (κ3) is 4.46. The lowest BCUT2D eigenvalue weighted by atomic mass is 10.1. The molecule has 1 aromatic rings. The van der Waals surface area contributed by atoms with Crippen molar-refractivity contribution in [2.24, 2.45) is 5.92 Å². The molecule has 1 aliphatic rings. The Morgan fingerprint density at radius 1 is 1.24 bits per heavy atom. The van der Waals surface area contributed by atoms with Gasteiger partial charge >= 0.3 is 0 Å². The van der Waals surface area contributed by atoms with Crippen molar-refractivity contribution >= 4 is 5.91 Å². The Morgan fingerprint density at radius 2 is 1.81 bits per heavy atom. The number of morpholine rings is 1. The first-order chi connectivity index (χ1) is 9.95. The second kappa shape index (κ2) is 6.94. The minimum atomic E-state index is 0.0624. The van der Waals surface area contributed by atoms with E-state index in [2.05, 4.69) is 13.8 Å². The molecule has 0 saturated carbocycles. The number of ether oxygens (including phenoxy) is 2. The van der Waals surface area contributed by atoms with E-state index in [0.717, 1.165) is 5.75 Å². The smallest absolute Gasteiger partial charge is 0.254 e. The van der Waals surface area contributed by atoms with E-state index in [1.165, 1.54) is 0 Å². The van der Waals surface area contributed by atoms with Crippen molar-refractivity contribution < 1.29 is 14.3 Å². The number of rotatable bonds is 4. The van der Waals surface area contributed by atoms with Crippen molar-refractivity contribution in [3.63, 3.8) is 0 Å². The molecule has 0 bridgehead atoms. The van der Waals surface area contributed by atoms with Gasteiger partial charge in [0, 0.05) is 18.7 Å². The Bertz CT molecular complexity index is 459. The van der Waals surface area contributed by atoms with Gasteiger partial charge in [0.1, 0.15) is 5.75 Å². The van der Waals surface area contributed by atoms with Crippen molar-refractivity contribution in [2.75, 3.05) is 19.7 Å². The summed E-state index contributed by atoms with van der Waals surface area (Å²) in [6.07, 6.45) is 0.178. The van der Waals surface area contributed by atoms with Gasteiger partial charge in [0.15, 0.2) is 0 Å². The van der Waals surface area contributed by atoms with Crippen molar-refractivity contribution in [2.45, 2.75) is 39.9 Å². The maximum Gasteiger partial charge on any atom is 0.254 e. The molecule has 0 spiro atoms. The van der Waals surface area contributed by atoms with Gasteiger partial charge in [-0.15, -0.1) is 0 Å². The Labute approximate surface area is 127 Å². The zero-order chi connectivity index (χ0) is 15.4. The fourth-order valence-electron chi connectivity index (χ4n) is 2.48. The van der Waals surface area contributed by atoms with Crippen LogP contribution in [0.15, 0.2) is 24.3 Å². The monoisotopic (exact) mass is 291 g/mol. The molecule has 1 fully saturated rings. The van der Waals surface area contributed by atoms with Gasteiger partial charge in [-0.3, -0.25) is 4.79 Å². The van der Waals surface area contributed by atoms with Crippen LogP contribution in [0.25, 0.3) is 0 Å². The highest BCUT2D eigenvalue weighted by Gasteiger charge is 2.26. The van der Waals surface area contributed by atoms with Gasteiger partial charge in [0.05, 0.1) is 18.8 Å². The van der Waals surface area contributed by atoms with Crippen LogP contribution in [0, 0.1) is 5.92 Å². The van der Waals surface area contributed by atoms with Crippen molar-refractivity contribution in [3.05, 3.63) is 29.8 Å². The first-order valence-corrected chi connectivity index (χ1v) is 7.63. The predicted molar refractivity (Wildman–Crippen MR) is 82.7 cm³/mol. The third-order valence-corrected chi connectivity index (χ3v) is 3.39. The minimum Gasteiger partial charge on any atom is -0.493 e.